The standard InChI is InChI=1S/C19H29O4PS2/c1-5-21-17-14-16(15-12-10-9-11-13-15)18(19(26-17)25-8-4)24(20,22-6-2)23-7-3/h9-13,16-17H,5-8,14H2,1-4H3/t16-,17+/m1/s1. The van der Waals surface area contributed by atoms with Gasteiger partial charge in [-0.25, -0.2) is 0 Å². The van der Waals surface area contributed by atoms with Crippen LogP contribution in [-0.4, -0.2) is 31.0 Å². The van der Waals surface area contributed by atoms with E-state index in [4.69, 9.17) is 13.8 Å². The first-order valence-corrected chi connectivity index (χ1v) is 12.6. The molecule has 4 nitrogen and oxygen atoms in total. The largest absolute Gasteiger partial charge is 0.367 e. The normalized spacial score (nSPS) is 21.2. The highest BCUT2D eigenvalue weighted by Crippen LogP contribution is 2.67. The van der Waals surface area contributed by atoms with Crippen LogP contribution in [0.5, 0.6) is 0 Å². The van der Waals surface area contributed by atoms with Gasteiger partial charge in [-0.3, -0.25) is 4.57 Å². The highest BCUT2D eigenvalue weighted by Gasteiger charge is 2.43. The molecule has 0 saturated heterocycles. The maximum Gasteiger partial charge on any atom is 0.359 e. The summed E-state index contributed by atoms with van der Waals surface area (Å²) in [4.78, 5) is 0. The van der Waals surface area contributed by atoms with Crippen LogP contribution in [0.3, 0.4) is 0 Å². The monoisotopic (exact) mass is 416 g/mol. The first-order valence-electron chi connectivity index (χ1n) is 9.19. The molecule has 0 aromatic heterocycles. The lowest BCUT2D eigenvalue weighted by atomic mass is 9.95. The topological polar surface area (TPSA) is 44.8 Å². The second kappa shape index (κ2) is 10.9. The minimum Gasteiger partial charge on any atom is -0.367 e. The molecule has 1 aliphatic rings. The summed E-state index contributed by atoms with van der Waals surface area (Å²) in [7, 11) is -3.37. The maximum atomic E-state index is 13.7. The zero-order chi connectivity index (χ0) is 19.0. The van der Waals surface area contributed by atoms with Gasteiger partial charge in [0.25, 0.3) is 0 Å². The summed E-state index contributed by atoms with van der Waals surface area (Å²) in [5, 5.41) is 0.806. The minimum absolute atomic E-state index is 0.0352. The third-order valence-corrected chi connectivity index (χ3v) is 8.99. The van der Waals surface area contributed by atoms with E-state index < -0.39 is 7.60 Å². The van der Waals surface area contributed by atoms with Gasteiger partial charge in [-0.05, 0) is 38.5 Å². The molecule has 0 amide bonds. The molecular formula is C19H29O4PS2. The Kier molecular flexibility index (Phi) is 9.28. The van der Waals surface area contributed by atoms with Gasteiger partial charge in [0.05, 0.1) is 22.8 Å². The van der Waals surface area contributed by atoms with Crippen molar-refractivity contribution in [2.45, 2.75) is 45.5 Å². The lowest BCUT2D eigenvalue weighted by molar-refractivity contribution is 0.115. The molecule has 0 unspecified atom stereocenters. The molecule has 1 aromatic carbocycles. The van der Waals surface area contributed by atoms with Crippen molar-refractivity contribution >= 4 is 31.1 Å². The van der Waals surface area contributed by atoms with Gasteiger partial charge < -0.3 is 13.8 Å². The highest BCUT2D eigenvalue weighted by atomic mass is 32.2. The molecule has 7 heteroatoms. The maximum absolute atomic E-state index is 13.7. The van der Waals surface area contributed by atoms with Crippen molar-refractivity contribution in [3.05, 3.63) is 45.4 Å². The van der Waals surface area contributed by atoms with E-state index >= 15 is 0 Å². The Balaban J connectivity index is 2.58. The Hall–Kier alpha value is -0.230. The fourth-order valence-corrected chi connectivity index (χ4v) is 8.41. The summed E-state index contributed by atoms with van der Waals surface area (Å²) >= 11 is 3.35. The van der Waals surface area contributed by atoms with E-state index in [0.29, 0.717) is 19.8 Å². The van der Waals surface area contributed by atoms with E-state index in [1.54, 1.807) is 23.5 Å². The van der Waals surface area contributed by atoms with Gasteiger partial charge >= 0.3 is 7.60 Å². The number of benzene rings is 1. The van der Waals surface area contributed by atoms with Gasteiger partial charge in [-0.15, -0.1) is 11.8 Å². The van der Waals surface area contributed by atoms with Gasteiger partial charge in [0.2, 0.25) is 0 Å². The van der Waals surface area contributed by atoms with Crippen LogP contribution in [0.2, 0.25) is 0 Å². The predicted octanol–water partition coefficient (Wildman–Crippen LogP) is 6.46. The van der Waals surface area contributed by atoms with Crippen LogP contribution in [-0.2, 0) is 18.3 Å². The first-order chi connectivity index (χ1) is 12.6. The second-order valence-corrected chi connectivity index (χ2v) is 10.3. The molecule has 1 aromatic rings. The average Bonchev–Trinajstić information content (AvgIpc) is 2.63. The van der Waals surface area contributed by atoms with Crippen molar-refractivity contribution in [1.29, 1.82) is 0 Å². The zero-order valence-electron chi connectivity index (χ0n) is 16.0. The molecule has 0 saturated carbocycles. The number of hydrogen-bond donors (Lipinski definition) is 0. The summed E-state index contributed by atoms with van der Waals surface area (Å²) < 4.78 is 32.2. The van der Waals surface area contributed by atoms with Crippen LogP contribution in [0.15, 0.2) is 39.9 Å². The Morgan fingerprint density at radius 2 is 1.73 bits per heavy atom. The molecule has 2 atom stereocenters. The fraction of sp³-hybridized carbons (Fsp3) is 0.579. The van der Waals surface area contributed by atoms with Gasteiger partial charge in [-0.2, -0.15) is 0 Å². The van der Waals surface area contributed by atoms with E-state index in [-0.39, 0.29) is 11.4 Å². The SMILES string of the molecule is CCO[C@@H]1C[C@H](c2ccccc2)C(P(=O)(OCC)OCC)=C(SCC)S1. The fourth-order valence-electron chi connectivity index (χ4n) is 3.00. The average molecular weight is 417 g/mol. The Labute approximate surface area is 166 Å². The molecule has 0 fully saturated rings. The molecule has 0 spiro atoms. The van der Waals surface area contributed by atoms with E-state index in [1.807, 2.05) is 39.0 Å². The van der Waals surface area contributed by atoms with Crippen molar-refractivity contribution in [2.75, 3.05) is 25.6 Å². The highest BCUT2D eigenvalue weighted by molar-refractivity contribution is 8.22. The van der Waals surface area contributed by atoms with Gasteiger partial charge in [-0.1, -0.05) is 49.0 Å². The van der Waals surface area contributed by atoms with Gasteiger partial charge in [0.15, 0.2) is 0 Å². The summed E-state index contributed by atoms with van der Waals surface area (Å²) in [5.74, 6) is 0.858. The summed E-state index contributed by atoms with van der Waals surface area (Å²) in [6.07, 6.45) is 0.760. The second-order valence-electron chi connectivity index (χ2n) is 5.64. The third kappa shape index (κ3) is 5.40. The van der Waals surface area contributed by atoms with Crippen LogP contribution < -0.4 is 0 Å². The number of ether oxygens (including phenoxy) is 1. The smallest absolute Gasteiger partial charge is 0.359 e. The van der Waals surface area contributed by atoms with Crippen LogP contribution in [0.25, 0.3) is 0 Å². The molecule has 146 valence electrons. The Bertz CT molecular complexity index is 626. The van der Waals surface area contributed by atoms with Gasteiger partial charge in [0.1, 0.15) is 5.44 Å². The third-order valence-electron chi connectivity index (χ3n) is 3.93. The molecule has 0 bridgehead atoms. The van der Waals surface area contributed by atoms with Crippen molar-refractivity contribution in [2.24, 2.45) is 0 Å². The lowest BCUT2D eigenvalue weighted by Gasteiger charge is -2.35. The van der Waals surface area contributed by atoms with Crippen molar-refractivity contribution in [3.63, 3.8) is 0 Å². The zero-order valence-corrected chi connectivity index (χ0v) is 18.5. The molecule has 0 aliphatic carbocycles. The summed E-state index contributed by atoms with van der Waals surface area (Å²) in [6, 6.07) is 10.2. The van der Waals surface area contributed by atoms with Crippen molar-refractivity contribution in [3.8, 4) is 0 Å². The summed E-state index contributed by atoms with van der Waals surface area (Å²) in [5.41, 5.74) is 1.17. The van der Waals surface area contributed by atoms with Gasteiger partial charge in [0, 0.05) is 12.5 Å². The summed E-state index contributed by atoms with van der Waals surface area (Å²) in [6.45, 7) is 9.19. The van der Waals surface area contributed by atoms with E-state index in [9.17, 15) is 4.57 Å². The predicted molar refractivity (Wildman–Crippen MR) is 113 cm³/mol. The van der Waals surface area contributed by atoms with Crippen molar-refractivity contribution < 1.29 is 18.3 Å². The van der Waals surface area contributed by atoms with Crippen LogP contribution >= 0.6 is 31.1 Å². The van der Waals surface area contributed by atoms with E-state index in [1.165, 1.54) is 0 Å². The lowest BCUT2D eigenvalue weighted by Crippen LogP contribution is -2.21. The molecule has 2 rings (SSSR count). The van der Waals surface area contributed by atoms with Crippen molar-refractivity contribution in [1.82, 2.24) is 0 Å². The molecule has 0 N–H and O–H groups in total. The number of rotatable bonds is 10. The molecule has 1 aliphatic heterocycles. The Morgan fingerprint density at radius 3 is 2.27 bits per heavy atom. The first kappa shape index (κ1) is 22.1. The van der Waals surface area contributed by atoms with Crippen LogP contribution in [0.1, 0.15) is 45.6 Å². The minimum atomic E-state index is -3.37. The van der Waals surface area contributed by atoms with E-state index in [2.05, 4.69) is 19.1 Å². The molecule has 26 heavy (non-hydrogen) atoms. The Morgan fingerprint density at radius 1 is 1.08 bits per heavy atom. The molecular weight excluding hydrogens is 387 g/mol. The quantitative estimate of drug-likeness (QED) is 0.408. The number of thioether (sulfide) groups is 2. The van der Waals surface area contributed by atoms with E-state index in [0.717, 1.165) is 27.3 Å². The number of hydrogen-bond acceptors (Lipinski definition) is 6. The van der Waals surface area contributed by atoms with Crippen LogP contribution in [0, 0.1) is 0 Å². The molecule has 0 radical (unpaired) electrons. The van der Waals surface area contributed by atoms with Crippen LogP contribution in [0.4, 0.5) is 0 Å². The number of allylic oxidation sites excluding steroid dienone is 1. The molecule has 1 heterocycles.